The molecule has 1 fully saturated rings. The lowest BCUT2D eigenvalue weighted by atomic mass is 10.2. The van der Waals surface area contributed by atoms with Gasteiger partial charge in [-0.2, -0.15) is 4.98 Å². The van der Waals surface area contributed by atoms with Crippen LogP contribution in [-0.2, 0) is 20.7 Å². The van der Waals surface area contributed by atoms with Crippen LogP contribution in [0.4, 0.5) is 4.79 Å². The fourth-order valence-electron chi connectivity index (χ4n) is 2.27. The van der Waals surface area contributed by atoms with Gasteiger partial charge in [0.05, 0.1) is 6.42 Å². The highest BCUT2D eigenvalue weighted by atomic mass is 16.5. The number of hydrogen-bond acceptors (Lipinski definition) is 7. The van der Waals surface area contributed by atoms with E-state index in [0.29, 0.717) is 18.3 Å². The van der Waals surface area contributed by atoms with Crippen LogP contribution in [-0.4, -0.2) is 52.6 Å². The zero-order valence-corrected chi connectivity index (χ0v) is 13.3. The predicted octanol–water partition coefficient (Wildman–Crippen LogP) is 0.764. The van der Waals surface area contributed by atoms with Crippen LogP contribution >= 0.6 is 0 Å². The number of hydrogen-bond donors (Lipinski definition) is 1. The van der Waals surface area contributed by atoms with Gasteiger partial charge in [0.2, 0.25) is 11.7 Å². The molecule has 0 saturated carbocycles. The lowest BCUT2D eigenvalue weighted by molar-refractivity contribution is -0.150. The molecule has 9 heteroatoms. The summed E-state index contributed by atoms with van der Waals surface area (Å²) >= 11 is 0. The molecule has 2 aromatic rings. The smallest absolute Gasteiger partial charge is 0.324 e. The van der Waals surface area contributed by atoms with Crippen LogP contribution in [0, 0.1) is 0 Å². The van der Waals surface area contributed by atoms with Gasteiger partial charge in [-0.05, 0) is 0 Å². The molecule has 0 aliphatic carbocycles. The first kappa shape index (κ1) is 16.6. The molecule has 0 spiro atoms. The van der Waals surface area contributed by atoms with Crippen LogP contribution in [0.3, 0.4) is 0 Å². The number of carbonyl (C=O) groups is 3. The first-order valence-corrected chi connectivity index (χ1v) is 7.75. The van der Waals surface area contributed by atoms with Crippen LogP contribution in [0.1, 0.15) is 12.3 Å². The van der Waals surface area contributed by atoms with E-state index < -0.39 is 24.5 Å². The summed E-state index contributed by atoms with van der Waals surface area (Å²) in [6.07, 6.45) is 0.201. The SMILES string of the molecule is O=C(CCc1nc(-c2ccccc2)no1)OCC(=O)N1CCNC1=O. The Morgan fingerprint density at radius 3 is 2.80 bits per heavy atom. The maximum atomic E-state index is 11.7. The number of esters is 1. The summed E-state index contributed by atoms with van der Waals surface area (Å²) in [6.45, 7) is 0.213. The number of nitrogens with zero attached hydrogens (tertiary/aromatic N) is 3. The van der Waals surface area contributed by atoms with E-state index in [2.05, 4.69) is 15.5 Å². The molecule has 130 valence electrons. The molecule has 25 heavy (non-hydrogen) atoms. The number of benzene rings is 1. The zero-order valence-electron chi connectivity index (χ0n) is 13.3. The minimum atomic E-state index is -0.576. The van der Waals surface area contributed by atoms with Gasteiger partial charge in [0.15, 0.2) is 6.61 Å². The minimum Gasteiger partial charge on any atom is -0.456 e. The van der Waals surface area contributed by atoms with Crippen LogP contribution in [0.2, 0.25) is 0 Å². The average molecular weight is 344 g/mol. The summed E-state index contributed by atoms with van der Waals surface area (Å²) in [5.74, 6) is -0.375. The largest absolute Gasteiger partial charge is 0.456 e. The number of amides is 3. The summed E-state index contributed by atoms with van der Waals surface area (Å²) in [5.41, 5.74) is 0.814. The van der Waals surface area contributed by atoms with Gasteiger partial charge in [-0.1, -0.05) is 35.5 Å². The molecule has 0 bridgehead atoms. The number of ether oxygens (including phenoxy) is 1. The summed E-state index contributed by atoms with van der Waals surface area (Å²) in [6, 6.07) is 8.83. The van der Waals surface area contributed by atoms with E-state index in [9.17, 15) is 14.4 Å². The Morgan fingerprint density at radius 2 is 2.08 bits per heavy atom. The lowest BCUT2D eigenvalue weighted by Gasteiger charge is -2.11. The molecule has 2 heterocycles. The van der Waals surface area contributed by atoms with Gasteiger partial charge >= 0.3 is 12.0 Å². The van der Waals surface area contributed by atoms with Crippen molar-refractivity contribution in [1.29, 1.82) is 0 Å². The number of aryl methyl sites for hydroxylation is 1. The topological polar surface area (TPSA) is 115 Å². The molecule has 1 aliphatic heterocycles. The van der Waals surface area contributed by atoms with E-state index >= 15 is 0 Å². The van der Waals surface area contributed by atoms with Crippen molar-refractivity contribution in [3.63, 3.8) is 0 Å². The molecule has 3 amide bonds. The van der Waals surface area contributed by atoms with Crippen molar-refractivity contribution in [3.05, 3.63) is 36.2 Å². The van der Waals surface area contributed by atoms with Crippen LogP contribution in [0.5, 0.6) is 0 Å². The Bertz CT molecular complexity index is 774. The highest BCUT2D eigenvalue weighted by molar-refractivity contribution is 5.96. The zero-order chi connectivity index (χ0) is 17.6. The molecule has 0 radical (unpaired) electrons. The summed E-state index contributed by atoms with van der Waals surface area (Å²) in [5, 5.41) is 6.35. The lowest BCUT2D eigenvalue weighted by Crippen LogP contribution is -2.37. The van der Waals surface area contributed by atoms with Crippen molar-refractivity contribution in [2.24, 2.45) is 0 Å². The van der Waals surface area contributed by atoms with Crippen molar-refractivity contribution in [1.82, 2.24) is 20.4 Å². The van der Waals surface area contributed by atoms with Crippen molar-refractivity contribution < 1.29 is 23.6 Å². The van der Waals surface area contributed by atoms with Crippen LogP contribution < -0.4 is 5.32 Å². The quantitative estimate of drug-likeness (QED) is 0.769. The Kier molecular flexibility index (Phi) is 5.03. The minimum absolute atomic E-state index is 0.00407. The molecule has 0 unspecified atom stereocenters. The third kappa shape index (κ3) is 4.19. The number of rotatable bonds is 6. The first-order valence-electron chi connectivity index (χ1n) is 7.75. The number of urea groups is 1. The molecular weight excluding hydrogens is 328 g/mol. The van der Waals surface area contributed by atoms with Gasteiger partial charge in [-0.15, -0.1) is 0 Å². The summed E-state index contributed by atoms with van der Waals surface area (Å²) in [4.78, 5) is 40.0. The van der Waals surface area contributed by atoms with E-state index in [4.69, 9.17) is 9.26 Å². The third-order valence-electron chi connectivity index (χ3n) is 3.56. The van der Waals surface area contributed by atoms with Gasteiger partial charge in [0.25, 0.3) is 5.91 Å². The van der Waals surface area contributed by atoms with E-state index in [0.717, 1.165) is 10.5 Å². The van der Waals surface area contributed by atoms with E-state index in [1.54, 1.807) is 0 Å². The van der Waals surface area contributed by atoms with Crippen molar-refractivity contribution >= 4 is 17.9 Å². The second kappa shape index (κ2) is 7.56. The Morgan fingerprint density at radius 1 is 1.28 bits per heavy atom. The van der Waals surface area contributed by atoms with Crippen LogP contribution in [0.25, 0.3) is 11.4 Å². The number of nitrogens with one attached hydrogen (secondary N) is 1. The Labute approximate surface area is 142 Å². The number of imide groups is 1. The van der Waals surface area contributed by atoms with Gasteiger partial charge in [0, 0.05) is 25.1 Å². The molecule has 0 atom stereocenters. The molecule has 1 saturated heterocycles. The second-order valence-corrected chi connectivity index (χ2v) is 5.32. The fourth-order valence-corrected chi connectivity index (χ4v) is 2.27. The van der Waals surface area contributed by atoms with Gasteiger partial charge < -0.3 is 14.6 Å². The van der Waals surface area contributed by atoms with Crippen LogP contribution in [0.15, 0.2) is 34.9 Å². The maximum Gasteiger partial charge on any atom is 0.324 e. The summed E-state index contributed by atoms with van der Waals surface area (Å²) < 4.78 is 9.97. The fraction of sp³-hybridized carbons (Fsp3) is 0.312. The van der Waals surface area contributed by atoms with E-state index in [1.807, 2.05) is 30.3 Å². The van der Waals surface area contributed by atoms with Crippen molar-refractivity contribution in [2.45, 2.75) is 12.8 Å². The third-order valence-corrected chi connectivity index (χ3v) is 3.56. The highest BCUT2D eigenvalue weighted by Gasteiger charge is 2.26. The van der Waals surface area contributed by atoms with Crippen molar-refractivity contribution in [3.8, 4) is 11.4 Å². The summed E-state index contributed by atoms with van der Waals surface area (Å²) in [7, 11) is 0. The Hall–Kier alpha value is -3.23. The predicted molar refractivity (Wildman–Crippen MR) is 84.1 cm³/mol. The van der Waals surface area contributed by atoms with E-state index in [-0.39, 0.29) is 19.4 Å². The molecule has 1 aliphatic rings. The van der Waals surface area contributed by atoms with E-state index in [1.165, 1.54) is 0 Å². The molecule has 1 aromatic carbocycles. The Balaban J connectivity index is 1.44. The number of carbonyl (C=O) groups excluding carboxylic acids is 3. The maximum absolute atomic E-state index is 11.7. The average Bonchev–Trinajstić information content (AvgIpc) is 3.27. The second-order valence-electron chi connectivity index (χ2n) is 5.32. The van der Waals surface area contributed by atoms with Gasteiger partial charge in [0.1, 0.15) is 0 Å². The highest BCUT2D eigenvalue weighted by Crippen LogP contribution is 2.15. The monoisotopic (exact) mass is 344 g/mol. The molecular formula is C16H16N4O5. The molecule has 1 N–H and O–H groups in total. The first-order chi connectivity index (χ1) is 12.1. The van der Waals surface area contributed by atoms with Gasteiger partial charge in [-0.3, -0.25) is 14.5 Å². The standard InChI is InChI=1S/C16H16N4O5/c21-13(20-9-8-17-16(20)23)10-24-14(22)7-6-12-18-15(19-25-12)11-4-2-1-3-5-11/h1-5H,6-10H2,(H,17,23). The molecule has 1 aromatic heterocycles. The van der Waals surface area contributed by atoms with Crippen molar-refractivity contribution in [2.75, 3.05) is 19.7 Å². The number of aromatic nitrogens is 2. The van der Waals surface area contributed by atoms with Gasteiger partial charge in [-0.25, -0.2) is 4.79 Å². The molecule has 9 nitrogen and oxygen atoms in total. The normalized spacial score (nSPS) is 13.6. The molecule has 3 rings (SSSR count).